The van der Waals surface area contributed by atoms with Crippen LogP contribution in [0.1, 0.15) is 22.4 Å². The van der Waals surface area contributed by atoms with Gasteiger partial charge in [0.05, 0.1) is 23.3 Å². The molecule has 0 atom stereocenters. The van der Waals surface area contributed by atoms with Crippen LogP contribution in [0.5, 0.6) is 0 Å². The molecule has 5 aromatic rings. The lowest BCUT2D eigenvalue weighted by molar-refractivity contribution is 0.514. The lowest BCUT2D eigenvalue weighted by Crippen LogP contribution is -2.36. The number of benzene rings is 3. The quantitative estimate of drug-likeness (QED) is 0.285. The Morgan fingerprint density at radius 3 is 1.73 bits per heavy atom. The summed E-state index contributed by atoms with van der Waals surface area (Å²) in [5, 5.41) is 0. The van der Waals surface area contributed by atoms with Gasteiger partial charge in [-0.2, -0.15) is 0 Å². The summed E-state index contributed by atoms with van der Waals surface area (Å²) in [6.07, 6.45) is 6.65. The van der Waals surface area contributed by atoms with Crippen LogP contribution in [-0.2, 0) is 5.54 Å². The molecule has 2 aromatic heterocycles. The van der Waals surface area contributed by atoms with Crippen molar-refractivity contribution >= 4 is 6.08 Å². The van der Waals surface area contributed by atoms with Gasteiger partial charge in [-0.05, 0) is 28.8 Å². The van der Waals surface area contributed by atoms with Crippen LogP contribution in [0.2, 0.25) is 0 Å². The molecule has 33 heavy (non-hydrogen) atoms. The Kier molecular flexibility index (Phi) is 5.41. The molecule has 2 heterocycles. The SMILES string of the molecule is C=Cc1nccc(F)c1-c1cn(C(c2ccccc2)(c2ccccc2)c2ccccc2)cn1. The van der Waals surface area contributed by atoms with Gasteiger partial charge in [-0.1, -0.05) is 97.6 Å². The largest absolute Gasteiger partial charge is 0.318 e. The van der Waals surface area contributed by atoms with Crippen LogP contribution >= 0.6 is 0 Å². The number of imidazole rings is 1. The zero-order valence-corrected chi connectivity index (χ0v) is 18.0. The molecule has 0 amide bonds. The van der Waals surface area contributed by atoms with Gasteiger partial charge in [-0.3, -0.25) is 4.98 Å². The summed E-state index contributed by atoms with van der Waals surface area (Å²) in [6, 6.07) is 32.2. The summed E-state index contributed by atoms with van der Waals surface area (Å²) in [7, 11) is 0. The van der Waals surface area contributed by atoms with Gasteiger partial charge in [0, 0.05) is 12.4 Å². The molecule has 0 fully saturated rings. The predicted octanol–water partition coefficient (Wildman–Crippen LogP) is 6.57. The smallest absolute Gasteiger partial charge is 0.136 e. The van der Waals surface area contributed by atoms with E-state index in [-0.39, 0.29) is 5.82 Å². The van der Waals surface area contributed by atoms with E-state index in [4.69, 9.17) is 0 Å². The van der Waals surface area contributed by atoms with Crippen LogP contribution in [-0.4, -0.2) is 14.5 Å². The van der Waals surface area contributed by atoms with Crippen LogP contribution in [0.3, 0.4) is 0 Å². The topological polar surface area (TPSA) is 30.7 Å². The molecular formula is C29H22FN3. The van der Waals surface area contributed by atoms with Gasteiger partial charge in [0.2, 0.25) is 0 Å². The number of hydrogen-bond donors (Lipinski definition) is 0. The fourth-order valence-corrected chi connectivity index (χ4v) is 4.48. The van der Waals surface area contributed by atoms with Crippen LogP contribution in [0.15, 0.2) is 122 Å². The van der Waals surface area contributed by atoms with Crippen molar-refractivity contribution in [1.82, 2.24) is 14.5 Å². The number of halogens is 1. The average Bonchev–Trinajstić information content (AvgIpc) is 3.36. The van der Waals surface area contributed by atoms with Crippen molar-refractivity contribution in [3.63, 3.8) is 0 Å². The van der Waals surface area contributed by atoms with E-state index < -0.39 is 5.54 Å². The summed E-state index contributed by atoms with van der Waals surface area (Å²) in [5.74, 6) is -0.380. The van der Waals surface area contributed by atoms with Gasteiger partial charge in [-0.25, -0.2) is 9.37 Å². The third kappa shape index (κ3) is 3.46. The molecule has 0 aliphatic heterocycles. The Bertz CT molecular complexity index is 1280. The average molecular weight is 432 g/mol. The zero-order chi connectivity index (χ0) is 22.7. The lowest BCUT2D eigenvalue weighted by atomic mass is 9.77. The molecule has 4 heteroatoms. The van der Waals surface area contributed by atoms with Gasteiger partial charge in [-0.15, -0.1) is 0 Å². The Morgan fingerprint density at radius 2 is 1.24 bits per heavy atom. The van der Waals surface area contributed by atoms with E-state index >= 15 is 0 Å². The first-order valence-corrected chi connectivity index (χ1v) is 10.7. The molecule has 0 radical (unpaired) electrons. The number of pyridine rings is 1. The van der Waals surface area contributed by atoms with E-state index in [0.717, 1.165) is 16.7 Å². The molecule has 3 aromatic carbocycles. The van der Waals surface area contributed by atoms with Gasteiger partial charge >= 0.3 is 0 Å². The minimum absolute atomic E-state index is 0.342. The van der Waals surface area contributed by atoms with E-state index in [9.17, 15) is 4.39 Å². The molecule has 0 unspecified atom stereocenters. The van der Waals surface area contributed by atoms with E-state index in [1.54, 1.807) is 12.4 Å². The van der Waals surface area contributed by atoms with Crippen molar-refractivity contribution in [2.75, 3.05) is 0 Å². The highest BCUT2D eigenvalue weighted by atomic mass is 19.1. The summed E-state index contributed by atoms with van der Waals surface area (Å²) in [4.78, 5) is 8.91. The fourth-order valence-electron chi connectivity index (χ4n) is 4.48. The minimum Gasteiger partial charge on any atom is -0.318 e. The second-order valence-electron chi connectivity index (χ2n) is 7.73. The van der Waals surface area contributed by atoms with Gasteiger partial charge in [0.25, 0.3) is 0 Å². The first kappa shape index (κ1) is 20.6. The maximum absolute atomic E-state index is 14.9. The van der Waals surface area contributed by atoms with Crippen molar-refractivity contribution in [2.45, 2.75) is 5.54 Å². The minimum atomic E-state index is -0.706. The molecular weight excluding hydrogens is 409 g/mol. The van der Waals surface area contributed by atoms with Crippen molar-refractivity contribution in [1.29, 1.82) is 0 Å². The Balaban J connectivity index is 1.83. The summed E-state index contributed by atoms with van der Waals surface area (Å²) in [6.45, 7) is 3.79. The van der Waals surface area contributed by atoms with Gasteiger partial charge in [0.15, 0.2) is 0 Å². The second-order valence-corrected chi connectivity index (χ2v) is 7.73. The van der Waals surface area contributed by atoms with E-state index in [1.165, 1.54) is 12.3 Å². The first-order valence-electron chi connectivity index (χ1n) is 10.7. The zero-order valence-electron chi connectivity index (χ0n) is 18.0. The maximum Gasteiger partial charge on any atom is 0.136 e. The van der Waals surface area contributed by atoms with Crippen molar-refractivity contribution in [3.8, 4) is 11.3 Å². The molecule has 0 saturated heterocycles. The standard InChI is InChI=1S/C29H22FN3/c1-2-26-28(25(30)18-19-31-26)27-20-33(21-32-27)29(22-12-6-3-7-13-22,23-14-8-4-9-15-23)24-16-10-5-11-17-24/h2-21H,1H2. The Morgan fingerprint density at radius 1 is 0.727 bits per heavy atom. The molecule has 160 valence electrons. The highest BCUT2D eigenvalue weighted by Gasteiger charge is 2.38. The second kappa shape index (κ2) is 8.67. The number of hydrogen-bond acceptors (Lipinski definition) is 2. The fraction of sp³-hybridized carbons (Fsp3) is 0.0345. The van der Waals surface area contributed by atoms with E-state index in [2.05, 4.69) is 57.5 Å². The normalized spacial score (nSPS) is 11.3. The predicted molar refractivity (Wildman–Crippen MR) is 130 cm³/mol. The highest BCUT2D eigenvalue weighted by Crippen LogP contribution is 2.41. The number of aromatic nitrogens is 3. The van der Waals surface area contributed by atoms with Crippen LogP contribution in [0.4, 0.5) is 4.39 Å². The number of nitrogens with zero attached hydrogens (tertiary/aromatic N) is 3. The van der Waals surface area contributed by atoms with Crippen molar-refractivity contribution < 1.29 is 4.39 Å². The molecule has 0 N–H and O–H groups in total. The van der Waals surface area contributed by atoms with Crippen LogP contribution < -0.4 is 0 Å². The van der Waals surface area contributed by atoms with E-state index in [1.807, 2.05) is 60.8 Å². The Labute approximate surface area is 192 Å². The highest BCUT2D eigenvalue weighted by molar-refractivity contribution is 5.70. The van der Waals surface area contributed by atoms with Crippen molar-refractivity contribution in [3.05, 3.63) is 151 Å². The third-order valence-electron chi connectivity index (χ3n) is 5.92. The van der Waals surface area contributed by atoms with Crippen LogP contribution in [0, 0.1) is 5.82 Å². The molecule has 0 saturated carbocycles. The molecule has 0 aliphatic rings. The first-order chi connectivity index (χ1) is 16.2. The summed E-state index contributed by atoms with van der Waals surface area (Å²) < 4.78 is 16.9. The summed E-state index contributed by atoms with van der Waals surface area (Å²) >= 11 is 0. The number of rotatable bonds is 6. The molecule has 0 spiro atoms. The van der Waals surface area contributed by atoms with Crippen LogP contribution in [0.25, 0.3) is 17.3 Å². The Hall–Kier alpha value is -4.31. The molecule has 0 aliphatic carbocycles. The molecule has 0 bridgehead atoms. The van der Waals surface area contributed by atoms with E-state index in [0.29, 0.717) is 17.0 Å². The maximum atomic E-state index is 14.9. The molecule has 5 rings (SSSR count). The van der Waals surface area contributed by atoms with Gasteiger partial charge < -0.3 is 4.57 Å². The monoisotopic (exact) mass is 431 g/mol. The van der Waals surface area contributed by atoms with Crippen molar-refractivity contribution in [2.24, 2.45) is 0 Å². The summed E-state index contributed by atoms with van der Waals surface area (Å²) in [5.41, 5.74) is 3.81. The third-order valence-corrected chi connectivity index (χ3v) is 5.92. The lowest BCUT2D eigenvalue weighted by Gasteiger charge is -2.37. The van der Waals surface area contributed by atoms with Gasteiger partial charge in [0.1, 0.15) is 11.4 Å². The molecule has 3 nitrogen and oxygen atoms in total.